The van der Waals surface area contributed by atoms with Crippen LogP contribution in [0.5, 0.6) is 0 Å². The summed E-state index contributed by atoms with van der Waals surface area (Å²) in [5.74, 6) is 3.26. The van der Waals surface area contributed by atoms with Gasteiger partial charge in [-0.05, 0) is 117 Å². The third-order valence-corrected chi connectivity index (χ3v) is 15.4. The fourth-order valence-corrected chi connectivity index (χ4v) is 12.6. The molecule has 0 aromatic heterocycles. The summed E-state index contributed by atoms with van der Waals surface area (Å²) in [5, 5.41) is 51.3. The van der Waals surface area contributed by atoms with Crippen molar-refractivity contribution in [2.45, 2.75) is 173 Å². The predicted molar refractivity (Wildman–Crippen MR) is 184 cm³/mol. The summed E-state index contributed by atoms with van der Waals surface area (Å²) < 4.78 is 25.9. The van der Waals surface area contributed by atoms with E-state index in [1.165, 1.54) is 24.8 Å². The average molecular weight is 691 g/mol. The fourth-order valence-electron chi connectivity index (χ4n) is 12.6. The SMILES string of the molecule is CC(CO)CCC1OC2CC3C4CC=C5CC(OC6OC(CO)CC(O)C6CC6CC(O)C(O)C(C)O6)CCC5(C)C4CCC3(C)C2C1C. The molecule has 0 amide bonds. The van der Waals surface area contributed by atoms with Crippen LogP contribution in [0.2, 0.25) is 0 Å². The smallest absolute Gasteiger partial charge is 0.163 e. The topological polar surface area (TPSA) is 138 Å². The molecular weight excluding hydrogens is 624 g/mol. The summed E-state index contributed by atoms with van der Waals surface area (Å²) in [7, 11) is 0. The molecule has 6 fully saturated rings. The van der Waals surface area contributed by atoms with Gasteiger partial charge < -0.3 is 44.5 Å². The lowest BCUT2D eigenvalue weighted by Crippen LogP contribution is -2.53. The van der Waals surface area contributed by atoms with E-state index < -0.39 is 36.8 Å². The molecule has 7 aliphatic rings. The van der Waals surface area contributed by atoms with E-state index in [1.54, 1.807) is 6.92 Å². The minimum absolute atomic E-state index is 0.0222. The van der Waals surface area contributed by atoms with Crippen molar-refractivity contribution < 1.29 is 44.5 Å². The van der Waals surface area contributed by atoms with Gasteiger partial charge in [0.25, 0.3) is 0 Å². The van der Waals surface area contributed by atoms with Crippen LogP contribution in [-0.4, -0.2) is 100.0 Å². The molecule has 3 heterocycles. The zero-order valence-electron chi connectivity index (χ0n) is 30.7. The molecule has 4 aliphatic carbocycles. The highest BCUT2D eigenvalue weighted by Gasteiger charge is 2.65. The number of allylic oxidation sites excluding steroid dienone is 1. The molecule has 5 N–H and O–H groups in total. The van der Waals surface area contributed by atoms with Crippen molar-refractivity contribution in [1.29, 1.82) is 0 Å². The van der Waals surface area contributed by atoms with E-state index >= 15 is 0 Å². The largest absolute Gasteiger partial charge is 0.396 e. The quantitative estimate of drug-likeness (QED) is 0.217. The van der Waals surface area contributed by atoms with Gasteiger partial charge in [-0.3, -0.25) is 0 Å². The highest BCUT2D eigenvalue weighted by atomic mass is 16.7. The van der Waals surface area contributed by atoms with Crippen molar-refractivity contribution in [1.82, 2.24) is 0 Å². The molecule has 280 valence electrons. The number of rotatable bonds is 9. The van der Waals surface area contributed by atoms with Crippen molar-refractivity contribution in [2.75, 3.05) is 13.2 Å². The minimum atomic E-state index is -0.915. The Morgan fingerprint density at radius 3 is 2.45 bits per heavy atom. The molecule has 0 aromatic rings. The van der Waals surface area contributed by atoms with Crippen LogP contribution in [0.3, 0.4) is 0 Å². The molecule has 49 heavy (non-hydrogen) atoms. The lowest BCUT2D eigenvalue weighted by atomic mass is 9.47. The molecule has 0 spiro atoms. The van der Waals surface area contributed by atoms with Crippen LogP contribution in [0.25, 0.3) is 0 Å². The Kier molecular flexibility index (Phi) is 10.7. The van der Waals surface area contributed by atoms with Crippen LogP contribution in [0.1, 0.15) is 112 Å². The summed E-state index contributed by atoms with van der Waals surface area (Å²) in [6, 6.07) is 0. The van der Waals surface area contributed by atoms with Gasteiger partial charge in [0.05, 0.1) is 55.4 Å². The van der Waals surface area contributed by atoms with E-state index in [0.29, 0.717) is 72.4 Å². The van der Waals surface area contributed by atoms with Crippen LogP contribution in [0.4, 0.5) is 0 Å². The Bertz CT molecular complexity index is 1170. The summed E-state index contributed by atoms with van der Waals surface area (Å²) in [4.78, 5) is 0. The van der Waals surface area contributed by atoms with E-state index in [0.717, 1.165) is 38.5 Å². The number of aliphatic hydroxyl groups is 5. The van der Waals surface area contributed by atoms with Gasteiger partial charge in [-0.2, -0.15) is 0 Å². The predicted octanol–water partition coefficient (Wildman–Crippen LogP) is 4.75. The van der Waals surface area contributed by atoms with Crippen LogP contribution >= 0.6 is 0 Å². The zero-order valence-corrected chi connectivity index (χ0v) is 30.7. The zero-order chi connectivity index (χ0) is 34.8. The van der Waals surface area contributed by atoms with E-state index in [4.69, 9.17) is 18.9 Å². The first-order valence-corrected chi connectivity index (χ1v) is 19.9. The van der Waals surface area contributed by atoms with Crippen molar-refractivity contribution in [3.8, 4) is 0 Å². The maximum atomic E-state index is 11.2. The van der Waals surface area contributed by atoms with Crippen LogP contribution in [0, 0.1) is 52.3 Å². The molecule has 9 nitrogen and oxygen atoms in total. The number of aliphatic hydroxyl groups excluding tert-OH is 5. The number of ether oxygens (including phenoxy) is 4. The van der Waals surface area contributed by atoms with E-state index in [1.807, 2.05) is 0 Å². The molecule has 3 aliphatic heterocycles. The first kappa shape index (κ1) is 36.7. The standard InChI is InChI=1S/C40H66O9/c1-21(19-41)6-9-34-22(2)36-35(49-34)18-31-28-8-7-24-14-25(10-12-39(24,4)30(28)11-13-40(31,36)5)47-38-29(32(43)17-27(20-42)48-38)15-26-16-33(44)37(45)23(3)46-26/h7,21-23,25-38,41-45H,6,8-20H2,1-5H3. The van der Waals surface area contributed by atoms with Gasteiger partial charge in [0.15, 0.2) is 6.29 Å². The second kappa shape index (κ2) is 14.3. The summed E-state index contributed by atoms with van der Waals surface area (Å²) >= 11 is 0. The van der Waals surface area contributed by atoms with Crippen molar-refractivity contribution >= 4 is 0 Å². The first-order chi connectivity index (χ1) is 23.4. The van der Waals surface area contributed by atoms with Gasteiger partial charge in [0.2, 0.25) is 0 Å². The maximum Gasteiger partial charge on any atom is 0.163 e. The molecule has 3 saturated carbocycles. The van der Waals surface area contributed by atoms with Crippen molar-refractivity contribution in [2.24, 2.45) is 52.3 Å². The highest BCUT2D eigenvalue weighted by Crippen LogP contribution is 2.69. The summed E-state index contributed by atoms with van der Waals surface area (Å²) in [6.07, 6.45) is 9.76. The first-order valence-electron chi connectivity index (χ1n) is 19.9. The summed E-state index contributed by atoms with van der Waals surface area (Å²) in [5.41, 5.74) is 2.03. The van der Waals surface area contributed by atoms with Gasteiger partial charge >= 0.3 is 0 Å². The molecule has 0 radical (unpaired) electrons. The third-order valence-electron chi connectivity index (χ3n) is 15.4. The second-order valence-corrected chi connectivity index (χ2v) is 18.3. The van der Waals surface area contributed by atoms with E-state index in [9.17, 15) is 25.5 Å². The van der Waals surface area contributed by atoms with Gasteiger partial charge in [0.1, 0.15) is 6.10 Å². The van der Waals surface area contributed by atoms with Gasteiger partial charge in [-0.25, -0.2) is 0 Å². The molecule has 19 atom stereocenters. The number of fused-ring (bicyclic) bond motifs is 7. The number of hydrogen-bond acceptors (Lipinski definition) is 9. The Labute approximate surface area is 294 Å². The van der Waals surface area contributed by atoms with E-state index in [2.05, 4.69) is 33.8 Å². The Balaban J connectivity index is 1.01. The highest BCUT2D eigenvalue weighted by molar-refractivity contribution is 5.26. The molecule has 0 aromatic carbocycles. The van der Waals surface area contributed by atoms with Crippen molar-refractivity contribution in [3.63, 3.8) is 0 Å². The maximum absolute atomic E-state index is 11.2. The molecule has 0 bridgehead atoms. The lowest BCUT2D eigenvalue weighted by molar-refractivity contribution is -0.278. The third kappa shape index (κ3) is 6.62. The Morgan fingerprint density at radius 2 is 1.71 bits per heavy atom. The average Bonchev–Trinajstić information content (AvgIpc) is 3.56. The van der Waals surface area contributed by atoms with Crippen LogP contribution in [-0.2, 0) is 18.9 Å². The lowest BCUT2D eigenvalue weighted by Gasteiger charge is -2.58. The molecule has 19 unspecified atom stereocenters. The van der Waals surface area contributed by atoms with Gasteiger partial charge in [-0.15, -0.1) is 0 Å². The molecule has 9 heteroatoms. The Morgan fingerprint density at radius 1 is 0.939 bits per heavy atom. The normalized spacial score (nSPS) is 53.2. The molecule has 3 saturated heterocycles. The van der Waals surface area contributed by atoms with E-state index in [-0.39, 0.29) is 36.8 Å². The molecule has 7 rings (SSSR count). The van der Waals surface area contributed by atoms with Crippen molar-refractivity contribution in [3.05, 3.63) is 11.6 Å². The second-order valence-electron chi connectivity index (χ2n) is 18.3. The summed E-state index contributed by atoms with van der Waals surface area (Å²) in [6.45, 7) is 11.6. The number of hydrogen-bond donors (Lipinski definition) is 5. The Hall–Kier alpha value is -0.620. The van der Waals surface area contributed by atoms with Gasteiger partial charge in [0, 0.05) is 25.4 Å². The molecular formula is C40H66O9. The van der Waals surface area contributed by atoms with Crippen LogP contribution < -0.4 is 0 Å². The minimum Gasteiger partial charge on any atom is -0.396 e. The fraction of sp³-hybridized carbons (Fsp3) is 0.950. The van der Waals surface area contributed by atoms with Gasteiger partial charge in [-0.1, -0.05) is 39.3 Å². The van der Waals surface area contributed by atoms with Crippen LogP contribution in [0.15, 0.2) is 11.6 Å². The monoisotopic (exact) mass is 690 g/mol.